The summed E-state index contributed by atoms with van der Waals surface area (Å²) in [6.07, 6.45) is 5.67. The Morgan fingerprint density at radius 1 is 0.843 bits per heavy atom. The third-order valence-corrected chi connectivity index (χ3v) is 10.8. The minimum Gasteiger partial charge on any atom is -0.353 e. The zero-order valence-corrected chi connectivity index (χ0v) is 31.9. The number of H-pyrrole nitrogens is 2. The lowest BCUT2D eigenvalue weighted by atomic mass is 9.99. The molecule has 3 aromatic carbocycles. The zero-order chi connectivity index (χ0) is 36.4. The molecule has 1 fully saturated rings. The summed E-state index contributed by atoms with van der Waals surface area (Å²) in [5.41, 5.74) is 6.02. The van der Waals surface area contributed by atoms with Gasteiger partial charge in [0.15, 0.2) is 0 Å². The molecule has 0 bridgehead atoms. The van der Waals surface area contributed by atoms with E-state index in [2.05, 4.69) is 111 Å². The number of aryl methyl sites for hydroxylation is 2. The fourth-order valence-electron chi connectivity index (χ4n) is 7.28. The molecule has 3 N–H and O–H groups in total. The van der Waals surface area contributed by atoms with Crippen LogP contribution in [0.3, 0.4) is 0 Å². The summed E-state index contributed by atoms with van der Waals surface area (Å²) in [5.74, 6) is 3.92. The second-order valence-electron chi connectivity index (χ2n) is 15.6. The highest BCUT2D eigenvalue weighted by molar-refractivity contribution is 6.32. The maximum absolute atomic E-state index is 12.4. The molecule has 8 nitrogen and oxygen atoms in total. The van der Waals surface area contributed by atoms with E-state index in [4.69, 9.17) is 21.6 Å². The SMILES string of the molecule is CC(C)CC(=O)NC1C(C)C1CCc1nc(-c2ccc3cc(-c4ccc5nc(CCCC(C)N(C)C(=O)CC(C)C)[nH]c5c4)ccc3c2)c(Cl)[nH]1. The Morgan fingerprint density at radius 3 is 2.22 bits per heavy atom. The van der Waals surface area contributed by atoms with Crippen LogP contribution in [0.2, 0.25) is 5.15 Å². The van der Waals surface area contributed by atoms with E-state index in [1.165, 1.54) is 0 Å². The molecule has 0 spiro atoms. The first kappa shape index (κ1) is 36.6. The van der Waals surface area contributed by atoms with Crippen LogP contribution in [0.25, 0.3) is 44.2 Å². The van der Waals surface area contributed by atoms with Crippen molar-refractivity contribution < 1.29 is 9.59 Å². The fraction of sp³-hybridized carbons (Fsp3) is 0.476. The van der Waals surface area contributed by atoms with Crippen LogP contribution < -0.4 is 5.32 Å². The summed E-state index contributed by atoms with van der Waals surface area (Å²) in [6, 6.07) is 19.8. The number of aromatic nitrogens is 4. The van der Waals surface area contributed by atoms with E-state index in [-0.39, 0.29) is 23.9 Å². The van der Waals surface area contributed by atoms with Gasteiger partial charge in [0.05, 0.1) is 11.0 Å². The third-order valence-electron chi connectivity index (χ3n) is 10.6. The number of hydrogen-bond acceptors (Lipinski definition) is 4. The van der Waals surface area contributed by atoms with E-state index >= 15 is 0 Å². The molecule has 0 aliphatic heterocycles. The number of benzene rings is 3. The predicted octanol–water partition coefficient (Wildman–Crippen LogP) is 9.37. The van der Waals surface area contributed by atoms with Crippen molar-refractivity contribution in [2.75, 3.05) is 7.05 Å². The largest absolute Gasteiger partial charge is 0.353 e. The number of nitrogens with zero attached hydrogens (tertiary/aromatic N) is 3. The first-order valence-corrected chi connectivity index (χ1v) is 19.1. The average Bonchev–Trinajstić information content (AvgIpc) is 3.36. The van der Waals surface area contributed by atoms with E-state index in [0.717, 1.165) is 87.9 Å². The highest BCUT2D eigenvalue weighted by atomic mass is 35.5. The maximum atomic E-state index is 12.4. The molecule has 2 heterocycles. The Bertz CT molecular complexity index is 2010. The smallest absolute Gasteiger partial charge is 0.222 e. The Morgan fingerprint density at radius 2 is 1.49 bits per heavy atom. The van der Waals surface area contributed by atoms with Gasteiger partial charge in [-0.3, -0.25) is 9.59 Å². The van der Waals surface area contributed by atoms with E-state index in [0.29, 0.717) is 41.7 Å². The molecule has 9 heteroatoms. The van der Waals surface area contributed by atoms with Gasteiger partial charge in [0.1, 0.15) is 22.5 Å². The van der Waals surface area contributed by atoms with Gasteiger partial charge < -0.3 is 20.2 Å². The maximum Gasteiger partial charge on any atom is 0.222 e. The van der Waals surface area contributed by atoms with Crippen molar-refractivity contribution in [3.63, 3.8) is 0 Å². The second-order valence-corrected chi connectivity index (χ2v) is 16.0. The van der Waals surface area contributed by atoms with E-state index in [1.54, 1.807) is 0 Å². The molecular formula is C42H53ClN6O2. The number of imidazole rings is 2. The van der Waals surface area contributed by atoms with Crippen molar-refractivity contribution in [1.29, 1.82) is 0 Å². The number of aromatic amines is 2. The molecule has 51 heavy (non-hydrogen) atoms. The number of nitrogens with one attached hydrogen (secondary N) is 3. The number of amides is 2. The Hall–Kier alpha value is -4.17. The second kappa shape index (κ2) is 15.6. The van der Waals surface area contributed by atoms with E-state index in [9.17, 15) is 9.59 Å². The van der Waals surface area contributed by atoms with Crippen LogP contribution >= 0.6 is 11.6 Å². The summed E-state index contributed by atoms with van der Waals surface area (Å²) in [6.45, 7) is 12.6. The quantitative estimate of drug-likeness (QED) is 0.101. The Labute approximate surface area is 307 Å². The van der Waals surface area contributed by atoms with Crippen LogP contribution in [-0.4, -0.2) is 55.8 Å². The van der Waals surface area contributed by atoms with Crippen LogP contribution in [0.4, 0.5) is 0 Å². The number of carbonyl (C=O) groups excluding carboxylic acids is 2. The monoisotopic (exact) mass is 708 g/mol. The van der Waals surface area contributed by atoms with Gasteiger partial charge in [0, 0.05) is 50.4 Å². The van der Waals surface area contributed by atoms with E-state index in [1.807, 2.05) is 11.9 Å². The first-order valence-electron chi connectivity index (χ1n) is 18.7. The van der Waals surface area contributed by atoms with Gasteiger partial charge >= 0.3 is 0 Å². The molecule has 0 saturated heterocycles. The molecule has 5 aromatic rings. The number of rotatable bonds is 15. The highest BCUT2D eigenvalue weighted by Crippen LogP contribution is 2.42. The van der Waals surface area contributed by atoms with Gasteiger partial charge in [-0.05, 0) is 96.0 Å². The van der Waals surface area contributed by atoms with Gasteiger partial charge in [-0.2, -0.15) is 0 Å². The van der Waals surface area contributed by atoms with Crippen molar-refractivity contribution >= 4 is 45.2 Å². The number of fused-ring (bicyclic) bond motifs is 2. The lowest BCUT2D eigenvalue weighted by molar-refractivity contribution is -0.132. The predicted molar refractivity (Wildman–Crippen MR) is 209 cm³/mol. The Balaban J connectivity index is 1.07. The van der Waals surface area contributed by atoms with Gasteiger partial charge in [-0.25, -0.2) is 9.97 Å². The number of carbonyl (C=O) groups is 2. The molecule has 2 aromatic heterocycles. The van der Waals surface area contributed by atoms with Gasteiger partial charge in [-0.1, -0.05) is 76.6 Å². The number of hydrogen-bond donors (Lipinski definition) is 3. The molecule has 1 aliphatic carbocycles. The average molecular weight is 709 g/mol. The minimum atomic E-state index is 0.151. The third kappa shape index (κ3) is 8.83. The van der Waals surface area contributed by atoms with Crippen molar-refractivity contribution in [3.05, 3.63) is 71.4 Å². The van der Waals surface area contributed by atoms with E-state index < -0.39 is 0 Å². The molecule has 6 rings (SSSR count). The molecule has 4 atom stereocenters. The number of halogens is 1. The minimum absolute atomic E-state index is 0.151. The van der Waals surface area contributed by atoms with Gasteiger partial charge in [-0.15, -0.1) is 0 Å². The van der Waals surface area contributed by atoms with Gasteiger partial charge in [0.2, 0.25) is 11.8 Å². The summed E-state index contributed by atoms with van der Waals surface area (Å²) < 4.78 is 0. The van der Waals surface area contributed by atoms with Gasteiger partial charge in [0.25, 0.3) is 0 Å². The molecule has 4 unspecified atom stereocenters. The Kier molecular flexibility index (Phi) is 11.2. The molecular weight excluding hydrogens is 656 g/mol. The molecule has 2 amide bonds. The molecule has 270 valence electrons. The molecule has 1 aliphatic rings. The van der Waals surface area contributed by atoms with Crippen molar-refractivity contribution in [2.45, 2.75) is 98.6 Å². The standard InChI is InChI=1S/C42H53ClN6O2/c1-24(2)19-38(50)48-40-27(6)33(40)16-18-37-46-41(42(43)47-37)32-14-13-28-21-29(11-12-30(28)22-32)31-15-17-34-35(23-31)45-36(44-34)10-8-9-26(5)49(7)39(51)20-25(3)4/h11-15,17,21-27,33,40H,8-10,16,18-20H2,1-7H3,(H,44,45)(H,46,47)(H,48,50). The lowest BCUT2D eigenvalue weighted by Crippen LogP contribution is -2.35. The van der Waals surface area contributed by atoms with Crippen LogP contribution in [-0.2, 0) is 22.4 Å². The first-order chi connectivity index (χ1) is 24.4. The molecule has 0 radical (unpaired) electrons. The van der Waals surface area contributed by atoms with Crippen molar-refractivity contribution in [2.24, 2.45) is 23.7 Å². The lowest BCUT2D eigenvalue weighted by Gasteiger charge is -2.25. The van der Waals surface area contributed by atoms with Crippen LogP contribution in [0.5, 0.6) is 0 Å². The zero-order valence-electron chi connectivity index (χ0n) is 31.1. The highest BCUT2D eigenvalue weighted by Gasteiger charge is 2.46. The molecule has 1 saturated carbocycles. The van der Waals surface area contributed by atoms with Crippen molar-refractivity contribution in [3.8, 4) is 22.4 Å². The van der Waals surface area contributed by atoms with Crippen LogP contribution in [0, 0.1) is 23.7 Å². The van der Waals surface area contributed by atoms with Crippen LogP contribution in [0.15, 0.2) is 54.6 Å². The normalized spacial score (nSPS) is 17.8. The fourth-order valence-corrected chi connectivity index (χ4v) is 7.54. The summed E-state index contributed by atoms with van der Waals surface area (Å²) >= 11 is 6.67. The summed E-state index contributed by atoms with van der Waals surface area (Å²) in [4.78, 5) is 43.1. The summed E-state index contributed by atoms with van der Waals surface area (Å²) in [5, 5.41) is 6.04. The topological polar surface area (TPSA) is 107 Å². The van der Waals surface area contributed by atoms with Crippen molar-refractivity contribution in [1.82, 2.24) is 30.2 Å². The summed E-state index contributed by atoms with van der Waals surface area (Å²) in [7, 11) is 1.92. The van der Waals surface area contributed by atoms with Crippen LogP contribution in [0.1, 0.15) is 85.3 Å².